The van der Waals surface area contributed by atoms with Crippen LogP contribution in [-0.2, 0) is 22.4 Å². The van der Waals surface area contributed by atoms with E-state index in [0.717, 1.165) is 39.8 Å². The Kier molecular flexibility index (Phi) is 4.53. The van der Waals surface area contributed by atoms with Crippen molar-refractivity contribution in [3.8, 4) is 0 Å². The fourth-order valence-electron chi connectivity index (χ4n) is 3.85. The van der Waals surface area contributed by atoms with Gasteiger partial charge in [0.15, 0.2) is 10.8 Å². The molecule has 1 aliphatic heterocycles. The minimum atomic E-state index is 0.121. The lowest BCUT2D eigenvalue weighted by Gasteiger charge is -2.26. The molecule has 5 rings (SSSR count). The number of nitrogens with zero attached hydrogens (tertiary/aromatic N) is 5. The second-order valence-corrected chi connectivity index (χ2v) is 9.26. The molecule has 4 heterocycles. The van der Waals surface area contributed by atoms with E-state index in [1.54, 1.807) is 17.7 Å². The summed E-state index contributed by atoms with van der Waals surface area (Å²) in [6.45, 7) is 4.89. The molecule has 1 saturated heterocycles. The molecule has 142 valence electrons. The second-order valence-electron chi connectivity index (χ2n) is 7.23. The molecular weight excluding hydrogens is 382 g/mol. The van der Waals surface area contributed by atoms with Crippen molar-refractivity contribution in [1.82, 2.24) is 24.5 Å². The summed E-state index contributed by atoms with van der Waals surface area (Å²) < 4.78 is 7.24. The predicted molar refractivity (Wildman–Crippen MR) is 105 cm³/mol. The number of hydrogen-bond acceptors (Lipinski definition) is 7. The molecule has 3 aromatic rings. The summed E-state index contributed by atoms with van der Waals surface area (Å²) in [5, 5.41) is 10.7. The molecule has 0 radical (unpaired) electrons. The first-order chi connectivity index (χ1) is 13.2. The Morgan fingerprint density at radius 3 is 3.07 bits per heavy atom. The first kappa shape index (κ1) is 17.4. The molecule has 0 aromatic carbocycles. The average molecular weight is 404 g/mol. The van der Waals surface area contributed by atoms with Crippen molar-refractivity contribution in [2.24, 2.45) is 5.92 Å². The van der Waals surface area contributed by atoms with E-state index in [9.17, 15) is 4.79 Å². The van der Waals surface area contributed by atoms with Gasteiger partial charge in [0.25, 0.3) is 0 Å². The maximum absolute atomic E-state index is 12.4. The normalized spacial score (nSPS) is 20.3. The molecule has 2 aliphatic rings. The van der Waals surface area contributed by atoms with Crippen LogP contribution in [0.3, 0.4) is 0 Å². The number of amides is 1. The summed E-state index contributed by atoms with van der Waals surface area (Å²) in [4.78, 5) is 21.4. The molecule has 27 heavy (non-hydrogen) atoms. The highest BCUT2D eigenvalue weighted by atomic mass is 32.2. The Labute approximate surface area is 165 Å². The van der Waals surface area contributed by atoms with Crippen molar-refractivity contribution in [3.05, 3.63) is 16.8 Å². The molecule has 1 aliphatic carbocycles. The number of thioether (sulfide) groups is 1. The maximum Gasteiger partial charge on any atom is 0.233 e. The van der Waals surface area contributed by atoms with Gasteiger partial charge in [0.05, 0.1) is 24.4 Å². The lowest BCUT2D eigenvalue weighted by molar-refractivity contribution is -0.132. The minimum absolute atomic E-state index is 0.121. The molecule has 1 atom stereocenters. The molecule has 0 bridgehead atoms. The number of rotatable bonds is 3. The standard InChI is InChI=1S/C18H21N5O2S2/c1-11-2-3-12-13(8-11)27-17-15(12)16-20-21-18(23(16)10-19-17)26-9-14(24)22-4-6-25-7-5-22/h10-11H,2-9H2,1H3/t11-/m1/s1. The smallest absolute Gasteiger partial charge is 0.233 e. The minimum Gasteiger partial charge on any atom is -0.378 e. The van der Waals surface area contributed by atoms with Crippen LogP contribution in [0.4, 0.5) is 0 Å². The first-order valence-corrected chi connectivity index (χ1v) is 11.1. The summed E-state index contributed by atoms with van der Waals surface area (Å²) in [6, 6.07) is 0. The number of aromatic nitrogens is 4. The van der Waals surface area contributed by atoms with E-state index in [1.165, 1.54) is 28.6 Å². The number of aryl methyl sites for hydroxylation is 1. The quantitative estimate of drug-likeness (QED) is 0.626. The molecule has 0 spiro atoms. The Bertz CT molecular complexity index is 1010. The molecule has 0 unspecified atom stereocenters. The third kappa shape index (κ3) is 3.11. The summed E-state index contributed by atoms with van der Waals surface area (Å²) in [5.41, 5.74) is 2.27. The zero-order valence-electron chi connectivity index (χ0n) is 15.2. The van der Waals surface area contributed by atoms with E-state index in [-0.39, 0.29) is 5.91 Å². The Morgan fingerprint density at radius 1 is 1.37 bits per heavy atom. The summed E-state index contributed by atoms with van der Waals surface area (Å²) >= 11 is 3.22. The van der Waals surface area contributed by atoms with Gasteiger partial charge in [-0.05, 0) is 30.7 Å². The number of ether oxygens (including phenoxy) is 1. The van der Waals surface area contributed by atoms with E-state index in [2.05, 4.69) is 22.1 Å². The summed E-state index contributed by atoms with van der Waals surface area (Å²) in [6.07, 6.45) is 5.23. The first-order valence-electron chi connectivity index (χ1n) is 9.33. The summed E-state index contributed by atoms with van der Waals surface area (Å²) in [5.74, 6) is 1.21. The van der Waals surface area contributed by atoms with Crippen LogP contribution in [0.25, 0.3) is 15.9 Å². The van der Waals surface area contributed by atoms with E-state index in [1.807, 2.05) is 9.30 Å². The zero-order chi connectivity index (χ0) is 18.4. The van der Waals surface area contributed by atoms with Crippen LogP contribution in [-0.4, -0.2) is 62.4 Å². The monoisotopic (exact) mass is 403 g/mol. The molecule has 9 heteroatoms. The number of thiophene rings is 1. The van der Waals surface area contributed by atoms with Crippen molar-refractivity contribution < 1.29 is 9.53 Å². The molecular formula is C18H21N5O2S2. The van der Waals surface area contributed by atoms with Crippen LogP contribution in [0.5, 0.6) is 0 Å². The zero-order valence-corrected chi connectivity index (χ0v) is 16.8. The molecule has 0 N–H and O–H groups in total. The fourth-order valence-corrected chi connectivity index (χ4v) is 6.00. The van der Waals surface area contributed by atoms with E-state index in [0.29, 0.717) is 32.1 Å². The van der Waals surface area contributed by atoms with E-state index in [4.69, 9.17) is 4.74 Å². The highest BCUT2D eigenvalue weighted by molar-refractivity contribution is 7.99. The van der Waals surface area contributed by atoms with Gasteiger partial charge in [-0.2, -0.15) is 0 Å². The third-order valence-electron chi connectivity index (χ3n) is 5.36. The average Bonchev–Trinajstić information content (AvgIpc) is 3.26. The number of morpholine rings is 1. The van der Waals surface area contributed by atoms with Crippen LogP contribution in [0.1, 0.15) is 23.8 Å². The van der Waals surface area contributed by atoms with Crippen LogP contribution in [0.15, 0.2) is 11.5 Å². The number of carbonyl (C=O) groups excluding carboxylic acids is 1. The SMILES string of the molecule is C[C@@H]1CCc2c(sc3ncn4c(SCC(=O)N5CCOCC5)nnc4c23)C1. The Morgan fingerprint density at radius 2 is 2.22 bits per heavy atom. The van der Waals surface area contributed by atoms with Gasteiger partial charge in [-0.1, -0.05) is 18.7 Å². The topological polar surface area (TPSA) is 72.6 Å². The summed E-state index contributed by atoms with van der Waals surface area (Å²) in [7, 11) is 0. The van der Waals surface area contributed by atoms with Crippen molar-refractivity contribution in [3.63, 3.8) is 0 Å². The van der Waals surface area contributed by atoms with Crippen LogP contribution in [0, 0.1) is 5.92 Å². The van der Waals surface area contributed by atoms with Crippen molar-refractivity contribution in [2.45, 2.75) is 31.3 Å². The molecule has 1 amide bonds. The van der Waals surface area contributed by atoms with Crippen LogP contribution in [0.2, 0.25) is 0 Å². The maximum atomic E-state index is 12.4. The Balaban J connectivity index is 1.43. The molecule has 7 nitrogen and oxygen atoms in total. The number of fused-ring (bicyclic) bond motifs is 5. The van der Waals surface area contributed by atoms with E-state index >= 15 is 0 Å². The number of carbonyl (C=O) groups is 1. The van der Waals surface area contributed by atoms with Gasteiger partial charge < -0.3 is 9.64 Å². The van der Waals surface area contributed by atoms with E-state index < -0.39 is 0 Å². The van der Waals surface area contributed by atoms with Gasteiger partial charge in [0, 0.05) is 18.0 Å². The van der Waals surface area contributed by atoms with Crippen LogP contribution >= 0.6 is 23.1 Å². The van der Waals surface area contributed by atoms with Crippen molar-refractivity contribution in [1.29, 1.82) is 0 Å². The molecule has 3 aromatic heterocycles. The van der Waals surface area contributed by atoms with Gasteiger partial charge in [-0.15, -0.1) is 21.5 Å². The van der Waals surface area contributed by atoms with Crippen LogP contribution < -0.4 is 0 Å². The lowest BCUT2D eigenvalue weighted by atomic mass is 9.89. The van der Waals surface area contributed by atoms with Crippen molar-refractivity contribution in [2.75, 3.05) is 32.1 Å². The number of hydrogen-bond donors (Lipinski definition) is 0. The second kappa shape index (κ2) is 7.03. The van der Waals surface area contributed by atoms with Gasteiger partial charge in [-0.25, -0.2) is 4.98 Å². The molecule has 1 fully saturated rings. The molecule has 0 saturated carbocycles. The third-order valence-corrected chi connectivity index (χ3v) is 7.45. The van der Waals surface area contributed by atoms with Gasteiger partial charge in [0.2, 0.25) is 5.91 Å². The van der Waals surface area contributed by atoms with Gasteiger partial charge in [0.1, 0.15) is 11.2 Å². The lowest BCUT2D eigenvalue weighted by Crippen LogP contribution is -2.41. The highest BCUT2D eigenvalue weighted by Crippen LogP contribution is 2.39. The van der Waals surface area contributed by atoms with Gasteiger partial charge >= 0.3 is 0 Å². The highest BCUT2D eigenvalue weighted by Gasteiger charge is 2.24. The largest absolute Gasteiger partial charge is 0.378 e. The van der Waals surface area contributed by atoms with Gasteiger partial charge in [-0.3, -0.25) is 9.20 Å². The predicted octanol–water partition coefficient (Wildman–Crippen LogP) is 2.41. The fraction of sp³-hybridized carbons (Fsp3) is 0.556. The van der Waals surface area contributed by atoms with Crippen molar-refractivity contribution >= 4 is 44.9 Å². The Hall–Kier alpha value is -1.71.